The van der Waals surface area contributed by atoms with E-state index in [1.165, 1.54) is 38.9 Å². The monoisotopic (exact) mass is 679 g/mol. The fraction of sp³-hybridized carbons (Fsp3) is 0.0588. The summed E-state index contributed by atoms with van der Waals surface area (Å²) in [6.07, 6.45) is 0. The molecule has 0 atom stereocenters. The molecule has 252 valence electrons. The van der Waals surface area contributed by atoms with Crippen LogP contribution in [0.25, 0.3) is 66.4 Å². The van der Waals surface area contributed by atoms with Gasteiger partial charge in [-0.25, -0.2) is 0 Å². The Bertz CT molecular complexity index is 2820. The maximum atomic E-state index is 6.65. The van der Waals surface area contributed by atoms with Gasteiger partial charge in [0.2, 0.25) is 0 Å². The van der Waals surface area contributed by atoms with E-state index < -0.39 is 0 Å². The van der Waals surface area contributed by atoms with Gasteiger partial charge in [0, 0.05) is 38.4 Å². The van der Waals surface area contributed by atoms with Crippen molar-refractivity contribution in [3.63, 3.8) is 0 Å². The lowest BCUT2D eigenvalue weighted by Crippen LogP contribution is -2.15. The van der Waals surface area contributed by atoms with Gasteiger partial charge in [0.25, 0.3) is 0 Å². The molecule has 10 rings (SSSR count). The van der Waals surface area contributed by atoms with Crippen molar-refractivity contribution in [1.29, 1.82) is 0 Å². The summed E-state index contributed by atoms with van der Waals surface area (Å²) in [5.74, 6) is 0. The van der Waals surface area contributed by atoms with E-state index in [9.17, 15) is 0 Å². The molecule has 1 aliphatic rings. The van der Waals surface area contributed by atoms with Crippen LogP contribution in [0.3, 0.4) is 0 Å². The van der Waals surface area contributed by atoms with Crippen molar-refractivity contribution in [3.8, 4) is 44.5 Å². The number of hydrogen-bond acceptors (Lipinski definition) is 2. The molecule has 0 spiro atoms. The molecule has 0 N–H and O–H groups in total. The highest BCUT2D eigenvalue weighted by molar-refractivity contribution is 6.11. The van der Waals surface area contributed by atoms with E-state index in [-0.39, 0.29) is 5.41 Å². The number of para-hydroxylation sites is 5. The minimum absolute atomic E-state index is 0.103. The first kappa shape index (κ1) is 31.1. The normalized spacial score (nSPS) is 12.9. The zero-order chi connectivity index (χ0) is 35.5. The molecule has 9 aromatic rings. The standard InChI is InChI=1S/C51H37NO/c1-51(2)43-28-11-6-24-42(43)49-39(25-17-29-44(49)51)36-21-8-13-31-46(36)52(45-30-12-7-20-35(45)34-18-4-3-5-19-34)47-32-14-9-22-37(47)40-26-16-27-41-38-23-10-15-33-48(38)53-50(40)41/h3-33H,1-2H3. The summed E-state index contributed by atoms with van der Waals surface area (Å²) in [6, 6.07) is 67.8. The van der Waals surface area contributed by atoms with Crippen LogP contribution in [0, 0.1) is 0 Å². The lowest BCUT2D eigenvalue weighted by atomic mass is 9.82. The van der Waals surface area contributed by atoms with Crippen LogP contribution >= 0.6 is 0 Å². The summed E-state index contributed by atoms with van der Waals surface area (Å²) in [5, 5.41) is 2.24. The van der Waals surface area contributed by atoms with Crippen molar-refractivity contribution in [2.45, 2.75) is 19.3 Å². The van der Waals surface area contributed by atoms with E-state index in [1.807, 2.05) is 6.07 Å². The van der Waals surface area contributed by atoms with Gasteiger partial charge in [-0.05, 0) is 57.6 Å². The second-order valence-electron chi connectivity index (χ2n) is 14.4. The molecule has 0 bridgehead atoms. The Balaban J connectivity index is 1.28. The lowest BCUT2D eigenvalue weighted by molar-refractivity contribution is 0.660. The molecule has 0 saturated carbocycles. The maximum absolute atomic E-state index is 6.65. The van der Waals surface area contributed by atoms with Crippen molar-refractivity contribution in [2.24, 2.45) is 0 Å². The highest BCUT2D eigenvalue weighted by Crippen LogP contribution is 2.55. The first-order chi connectivity index (χ1) is 26.1. The molecule has 1 aliphatic carbocycles. The van der Waals surface area contributed by atoms with Crippen LogP contribution in [-0.2, 0) is 5.41 Å². The summed E-state index contributed by atoms with van der Waals surface area (Å²) in [4.78, 5) is 2.47. The van der Waals surface area contributed by atoms with Crippen LogP contribution in [0.5, 0.6) is 0 Å². The number of hydrogen-bond donors (Lipinski definition) is 0. The van der Waals surface area contributed by atoms with Crippen LogP contribution in [-0.4, -0.2) is 0 Å². The van der Waals surface area contributed by atoms with Crippen molar-refractivity contribution < 1.29 is 4.42 Å². The summed E-state index contributed by atoms with van der Waals surface area (Å²) in [5.41, 5.74) is 17.2. The van der Waals surface area contributed by atoms with Gasteiger partial charge in [0.15, 0.2) is 0 Å². The van der Waals surface area contributed by atoms with Gasteiger partial charge in [-0.2, -0.15) is 0 Å². The number of benzene rings is 8. The molecule has 0 fully saturated rings. The van der Waals surface area contributed by atoms with Gasteiger partial charge in [-0.15, -0.1) is 0 Å². The number of fused-ring (bicyclic) bond motifs is 6. The summed E-state index contributed by atoms with van der Waals surface area (Å²) in [7, 11) is 0. The van der Waals surface area contributed by atoms with Gasteiger partial charge in [-0.3, -0.25) is 0 Å². The van der Waals surface area contributed by atoms with E-state index in [0.29, 0.717) is 0 Å². The summed E-state index contributed by atoms with van der Waals surface area (Å²) >= 11 is 0. The van der Waals surface area contributed by atoms with Crippen molar-refractivity contribution in [2.75, 3.05) is 4.90 Å². The number of anilines is 3. The van der Waals surface area contributed by atoms with Crippen LogP contribution in [0.15, 0.2) is 192 Å². The summed E-state index contributed by atoms with van der Waals surface area (Å²) < 4.78 is 6.65. The highest BCUT2D eigenvalue weighted by Gasteiger charge is 2.37. The molecular weight excluding hydrogens is 643 g/mol. The van der Waals surface area contributed by atoms with E-state index >= 15 is 0 Å². The molecule has 1 aromatic heterocycles. The smallest absolute Gasteiger partial charge is 0.143 e. The molecule has 2 nitrogen and oxygen atoms in total. The number of rotatable bonds is 6. The van der Waals surface area contributed by atoms with E-state index in [4.69, 9.17) is 4.42 Å². The van der Waals surface area contributed by atoms with Crippen molar-refractivity contribution >= 4 is 39.0 Å². The molecule has 8 aromatic carbocycles. The van der Waals surface area contributed by atoms with Crippen molar-refractivity contribution in [3.05, 3.63) is 199 Å². The van der Waals surface area contributed by atoms with E-state index in [0.717, 1.165) is 55.7 Å². The predicted molar refractivity (Wildman–Crippen MR) is 222 cm³/mol. The Morgan fingerprint density at radius 2 is 0.868 bits per heavy atom. The van der Waals surface area contributed by atoms with Gasteiger partial charge in [0.05, 0.1) is 17.1 Å². The molecular formula is C51H37NO. The maximum Gasteiger partial charge on any atom is 0.143 e. The fourth-order valence-corrected chi connectivity index (χ4v) is 8.65. The Morgan fingerprint density at radius 3 is 1.62 bits per heavy atom. The molecule has 0 unspecified atom stereocenters. The Kier molecular flexibility index (Phi) is 7.19. The first-order valence-corrected chi connectivity index (χ1v) is 18.4. The third kappa shape index (κ3) is 4.87. The number of furan rings is 1. The van der Waals surface area contributed by atoms with Crippen LogP contribution in [0.2, 0.25) is 0 Å². The van der Waals surface area contributed by atoms with Gasteiger partial charge < -0.3 is 9.32 Å². The SMILES string of the molecule is CC1(C)c2ccccc2-c2c(-c3ccccc3N(c3ccccc3-c3ccccc3)c3ccccc3-c3cccc4c3oc3ccccc34)cccc21. The average molecular weight is 680 g/mol. The van der Waals surface area contributed by atoms with Crippen molar-refractivity contribution in [1.82, 2.24) is 0 Å². The molecule has 0 amide bonds. The zero-order valence-electron chi connectivity index (χ0n) is 29.8. The van der Waals surface area contributed by atoms with E-state index in [1.54, 1.807) is 0 Å². The van der Waals surface area contributed by atoms with Gasteiger partial charge in [-0.1, -0.05) is 178 Å². The predicted octanol–water partition coefficient (Wildman–Crippen LogP) is 14.4. The summed E-state index contributed by atoms with van der Waals surface area (Å²) in [6.45, 7) is 4.70. The van der Waals surface area contributed by atoms with Crippen LogP contribution in [0.4, 0.5) is 17.1 Å². The topological polar surface area (TPSA) is 16.4 Å². The Hall–Kier alpha value is -6.64. The zero-order valence-corrected chi connectivity index (χ0v) is 29.8. The average Bonchev–Trinajstić information content (AvgIpc) is 3.71. The third-order valence-electron chi connectivity index (χ3n) is 11.1. The minimum Gasteiger partial charge on any atom is -0.455 e. The Labute approximate surface area is 310 Å². The largest absolute Gasteiger partial charge is 0.455 e. The molecule has 0 radical (unpaired) electrons. The van der Waals surface area contributed by atoms with E-state index in [2.05, 4.69) is 201 Å². The Morgan fingerprint density at radius 1 is 0.377 bits per heavy atom. The third-order valence-corrected chi connectivity index (χ3v) is 11.1. The van der Waals surface area contributed by atoms with Crippen LogP contribution < -0.4 is 4.90 Å². The van der Waals surface area contributed by atoms with Gasteiger partial charge >= 0.3 is 0 Å². The molecule has 1 heterocycles. The second kappa shape index (κ2) is 12.3. The fourth-order valence-electron chi connectivity index (χ4n) is 8.65. The molecule has 2 heteroatoms. The quantitative estimate of drug-likeness (QED) is 0.174. The highest BCUT2D eigenvalue weighted by atomic mass is 16.3. The first-order valence-electron chi connectivity index (χ1n) is 18.4. The number of nitrogens with zero attached hydrogens (tertiary/aromatic N) is 1. The second-order valence-corrected chi connectivity index (χ2v) is 14.4. The molecule has 0 saturated heterocycles. The van der Waals surface area contributed by atoms with Crippen LogP contribution in [0.1, 0.15) is 25.0 Å². The minimum atomic E-state index is -0.103. The van der Waals surface area contributed by atoms with Gasteiger partial charge in [0.1, 0.15) is 11.2 Å². The lowest BCUT2D eigenvalue weighted by Gasteiger charge is -2.32. The molecule has 53 heavy (non-hydrogen) atoms. The molecule has 0 aliphatic heterocycles.